The molecule has 1 aliphatic carbocycles. The van der Waals surface area contributed by atoms with Crippen molar-refractivity contribution in [3.05, 3.63) is 28.8 Å². The third-order valence-electron chi connectivity index (χ3n) is 2.16. The molecular weight excluding hydrogens is 172 g/mol. The number of phenols is 1. The summed E-state index contributed by atoms with van der Waals surface area (Å²) in [7, 11) is 0. The number of hydrogen-bond acceptors (Lipinski definition) is 1. The predicted octanol–water partition coefficient (Wildman–Crippen LogP) is 3.00. The van der Waals surface area contributed by atoms with E-state index in [4.69, 9.17) is 11.6 Å². The summed E-state index contributed by atoms with van der Waals surface area (Å²) in [6.07, 6.45) is 3.72. The summed E-state index contributed by atoms with van der Waals surface area (Å²) in [5, 5.41) is 9.87. The van der Waals surface area contributed by atoms with Gasteiger partial charge in [-0.05, 0) is 48.9 Å². The lowest BCUT2D eigenvalue weighted by Gasteiger charge is -2.01. The normalized spacial score (nSPS) is 16.4. The van der Waals surface area contributed by atoms with E-state index in [2.05, 4.69) is 0 Å². The molecule has 2 heteroatoms. The maximum Gasteiger partial charge on any atom is 0.117 e. The van der Waals surface area contributed by atoms with Crippen LogP contribution in [0.2, 0.25) is 5.02 Å². The van der Waals surface area contributed by atoms with E-state index in [1.165, 1.54) is 12.8 Å². The average Bonchev–Trinajstić information content (AvgIpc) is 2.68. The topological polar surface area (TPSA) is 20.2 Å². The zero-order chi connectivity index (χ0) is 8.55. The monoisotopic (exact) mass is 182 g/mol. The fraction of sp³-hybridized carbons (Fsp3) is 0.400. The summed E-state index contributed by atoms with van der Waals surface area (Å²) < 4.78 is 0. The van der Waals surface area contributed by atoms with Crippen molar-refractivity contribution >= 4 is 11.6 Å². The number of phenolic OH excluding ortho intramolecular Hbond substituents is 1. The molecule has 0 amide bonds. The van der Waals surface area contributed by atoms with Crippen molar-refractivity contribution in [3.63, 3.8) is 0 Å². The van der Waals surface area contributed by atoms with Crippen molar-refractivity contribution in [1.29, 1.82) is 0 Å². The summed E-state index contributed by atoms with van der Waals surface area (Å²) in [4.78, 5) is 0. The first-order valence-corrected chi connectivity index (χ1v) is 4.60. The Morgan fingerprint density at radius 1 is 1.33 bits per heavy atom. The fourth-order valence-corrected chi connectivity index (χ4v) is 1.66. The van der Waals surface area contributed by atoms with Crippen molar-refractivity contribution in [2.45, 2.75) is 19.3 Å². The van der Waals surface area contributed by atoms with E-state index in [0.717, 1.165) is 17.9 Å². The van der Waals surface area contributed by atoms with E-state index in [1.54, 1.807) is 12.1 Å². The summed E-state index contributed by atoms with van der Waals surface area (Å²) >= 11 is 5.79. The molecule has 0 bridgehead atoms. The van der Waals surface area contributed by atoms with E-state index in [0.29, 0.717) is 5.02 Å². The number of hydrogen-bond donors (Lipinski definition) is 1. The second-order valence-electron chi connectivity index (χ2n) is 3.47. The minimum Gasteiger partial charge on any atom is -0.508 e. The van der Waals surface area contributed by atoms with Crippen LogP contribution in [-0.2, 0) is 6.42 Å². The Kier molecular flexibility index (Phi) is 1.97. The second kappa shape index (κ2) is 2.98. The molecule has 1 aromatic carbocycles. The molecule has 1 saturated carbocycles. The Labute approximate surface area is 77.0 Å². The molecule has 64 valence electrons. The third-order valence-corrected chi connectivity index (χ3v) is 2.38. The molecule has 1 aliphatic rings. The molecule has 0 heterocycles. The van der Waals surface area contributed by atoms with Gasteiger partial charge < -0.3 is 5.11 Å². The molecule has 0 aromatic heterocycles. The largest absolute Gasteiger partial charge is 0.508 e. The van der Waals surface area contributed by atoms with Crippen LogP contribution in [-0.4, -0.2) is 5.11 Å². The molecule has 0 aliphatic heterocycles. The molecule has 1 N–H and O–H groups in total. The maximum atomic E-state index is 9.24. The molecule has 1 nitrogen and oxygen atoms in total. The summed E-state index contributed by atoms with van der Waals surface area (Å²) in [5.41, 5.74) is 1.16. The van der Waals surface area contributed by atoms with Crippen LogP contribution in [0.25, 0.3) is 0 Å². The highest BCUT2D eigenvalue weighted by atomic mass is 35.5. The van der Waals surface area contributed by atoms with Crippen LogP contribution in [0.4, 0.5) is 0 Å². The van der Waals surface area contributed by atoms with Gasteiger partial charge in [-0.3, -0.25) is 0 Å². The number of halogens is 1. The fourth-order valence-electron chi connectivity index (χ4n) is 1.41. The lowest BCUT2D eigenvalue weighted by Crippen LogP contribution is -1.86. The lowest BCUT2D eigenvalue weighted by molar-refractivity contribution is 0.474. The molecule has 0 unspecified atom stereocenters. The van der Waals surface area contributed by atoms with Crippen LogP contribution in [0.15, 0.2) is 18.2 Å². The number of benzene rings is 1. The second-order valence-corrected chi connectivity index (χ2v) is 3.90. The van der Waals surface area contributed by atoms with E-state index < -0.39 is 0 Å². The van der Waals surface area contributed by atoms with E-state index in [1.807, 2.05) is 6.07 Å². The molecular formula is C10H11ClO. The highest BCUT2D eigenvalue weighted by molar-refractivity contribution is 6.30. The van der Waals surface area contributed by atoms with Crippen LogP contribution < -0.4 is 0 Å². The number of rotatable bonds is 2. The Morgan fingerprint density at radius 3 is 2.67 bits per heavy atom. The van der Waals surface area contributed by atoms with Crippen LogP contribution in [0.5, 0.6) is 5.75 Å². The molecule has 1 fully saturated rings. The first-order chi connectivity index (χ1) is 5.74. The van der Waals surface area contributed by atoms with Crippen LogP contribution in [0, 0.1) is 5.92 Å². The van der Waals surface area contributed by atoms with Crippen LogP contribution in [0.3, 0.4) is 0 Å². The molecule has 2 rings (SSSR count). The Bertz CT molecular complexity index is 272. The smallest absolute Gasteiger partial charge is 0.117 e. The van der Waals surface area contributed by atoms with Gasteiger partial charge in [0.25, 0.3) is 0 Å². The highest BCUT2D eigenvalue weighted by Gasteiger charge is 2.21. The predicted molar refractivity (Wildman–Crippen MR) is 49.5 cm³/mol. The lowest BCUT2D eigenvalue weighted by atomic mass is 10.1. The van der Waals surface area contributed by atoms with Crippen molar-refractivity contribution in [2.75, 3.05) is 0 Å². The van der Waals surface area contributed by atoms with Crippen molar-refractivity contribution in [2.24, 2.45) is 5.92 Å². The van der Waals surface area contributed by atoms with Crippen molar-refractivity contribution in [3.8, 4) is 5.75 Å². The van der Waals surface area contributed by atoms with Crippen LogP contribution in [0.1, 0.15) is 18.4 Å². The molecule has 0 radical (unpaired) electrons. The van der Waals surface area contributed by atoms with Gasteiger partial charge in [0.05, 0.1) is 0 Å². The van der Waals surface area contributed by atoms with Gasteiger partial charge in [0, 0.05) is 5.02 Å². The summed E-state index contributed by atoms with van der Waals surface area (Å²) in [6.45, 7) is 0. The van der Waals surface area contributed by atoms with Crippen molar-refractivity contribution < 1.29 is 5.11 Å². The van der Waals surface area contributed by atoms with Gasteiger partial charge in [-0.2, -0.15) is 0 Å². The standard InChI is InChI=1S/C10H11ClO/c11-9-4-8(3-7-1-2-7)5-10(12)6-9/h4-7,12H,1-3H2. The average molecular weight is 183 g/mol. The van der Waals surface area contributed by atoms with Crippen molar-refractivity contribution in [1.82, 2.24) is 0 Å². The molecule has 1 aromatic rings. The number of aromatic hydroxyl groups is 1. The summed E-state index contributed by atoms with van der Waals surface area (Å²) in [6, 6.07) is 5.29. The van der Waals surface area contributed by atoms with E-state index in [9.17, 15) is 5.11 Å². The Morgan fingerprint density at radius 2 is 2.08 bits per heavy atom. The molecule has 0 spiro atoms. The highest BCUT2D eigenvalue weighted by Crippen LogP contribution is 2.34. The van der Waals surface area contributed by atoms with E-state index in [-0.39, 0.29) is 5.75 Å². The van der Waals surface area contributed by atoms with Gasteiger partial charge >= 0.3 is 0 Å². The molecule has 12 heavy (non-hydrogen) atoms. The maximum absolute atomic E-state index is 9.24. The van der Waals surface area contributed by atoms with Gasteiger partial charge in [-0.25, -0.2) is 0 Å². The minimum atomic E-state index is 0.276. The molecule has 0 atom stereocenters. The van der Waals surface area contributed by atoms with Gasteiger partial charge in [0.15, 0.2) is 0 Å². The quantitative estimate of drug-likeness (QED) is 0.746. The Hall–Kier alpha value is -0.690. The van der Waals surface area contributed by atoms with Gasteiger partial charge in [0.1, 0.15) is 5.75 Å². The minimum absolute atomic E-state index is 0.276. The zero-order valence-corrected chi connectivity index (χ0v) is 7.51. The zero-order valence-electron chi connectivity index (χ0n) is 6.76. The molecule has 0 saturated heterocycles. The van der Waals surface area contributed by atoms with Gasteiger partial charge in [0.2, 0.25) is 0 Å². The van der Waals surface area contributed by atoms with Gasteiger partial charge in [-0.1, -0.05) is 11.6 Å². The first-order valence-electron chi connectivity index (χ1n) is 4.22. The SMILES string of the molecule is Oc1cc(Cl)cc(CC2CC2)c1. The van der Waals surface area contributed by atoms with Gasteiger partial charge in [-0.15, -0.1) is 0 Å². The Balaban J connectivity index is 2.18. The van der Waals surface area contributed by atoms with E-state index >= 15 is 0 Å². The summed E-state index contributed by atoms with van der Waals surface area (Å²) in [5.74, 6) is 1.11. The third kappa shape index (κ3) is 1.92. The van der Waals surface area contributed by atoms with Crippen LogP contribution >= 0.6 is 11.6 Å². The first kappa shape index (κ1) is 7.93.